The third kappa shape index (κ3) is 6.28. The summed E-state index contributed by atoms with van der Waals surface area (Å²) in [7, 11) is 1.69. The topological polar surface area (TPSA) is 30.5 Å². The van der Waals surface area contributed by atoms with Crippen LogP contribution in [0.25, 0.3) is 0 Å². The van der Waals surface area contributed by atoms with Gasteiger partial charge < -0.3 is 14.8 Å². The normalized spacial score (nSPS) is 12.4. The van der Waals surface area contributed by atoms with E-state index in [1.165, 1.54) is 5.56 Å². The number of halogens is 1. The predicted octanol–water partition coefficient (Wildman–Crippen LogP) is 3.64. The lowest BCUT2D eigenvalue weighted by Crippen LogP contribution is -2.15. The molecule has 19 heavy (non-hydrogen) atoms. The highest BCUT2D eigenvalue weighted by Gasteiger charge is 2.08. The van der Waals surface area contributed by atoms with Gasteiger partial charge in [-0.25, -0.2) is 0 Å². The zero-order chi connectivity index (χ0) is 14.1. The maximum absolute atomic E-state index is 6.24. The second kappa shape index (κ2) is 9.18. The molecule has 0 aliphatic rings. The Labute approximate surface area is 121 Å². The van der Waals surface area contributed by atoms with Crippen LogP contribution in [0.15, 0.2) is 18.2 Å². The van der Waals surface area contributed by atoms with Gasteiger partial charge in [-0.1, -0.05) is 24.6 Å². The van der Waals surface area contributed by atoms with E-state index < -0.39 is 0 Å². The number of methoxy groups -OCH3 is 1. The largest absolute Gasteiger partial charge is 0.489 e. The molecule has 0 aliphatic carbocycles. The molecular weight excluding hydrogens is 262 g/mol. The fraction of sp³-hybridized carbons (Fsp3) is 0.600. The van der Waals surface area contributed by atoms with Gasteiger partial charge in [-0.05, 0) is 37.6 Å². The van der Waals surface area contributed by atoms with Gasteiger partial charge in [-0.15, -0.1) is 0 Å². The minimum atomic E-state index is 0.0986. The first-order valence-electron chi connectivity index (χ1n) is 6.82. The van der Waals surface area contributed by atoms with Crippen LogP contribution in [0.4, 0.5) is 0 Å². The zero-order valence-corrected chi connectivity index (χ0v) is 12.8. The smallest absolute Gasteiger partial charge is 0.138 e. The van der Waals surface area contributed by atoms with Crippen LogP contribution in [-0.4, -0.2) is 26.4 Å². The molecule has 1 N–H and O–H groups in total. The first-order chi connectivity index (χ1) is 9.17. The summed E-state index contributed by atoms with van der Waals surface area (Å²) in [5.41, 5.74) is 1.18. The van der Waals surface area contributed by atoms with Gasteiger partial charge >= 0.3 is 0 Å². The average Bonchev–Trinajstić information content (AvgIpc) is 2.40. The Bertz CT molecular complexity index is 371. The maximum Gasteiger partial charge on any atom is 0.138 e. The van der Waals surface area contributed by atoms with Crippen molar-refractivity contribution in [1.82, 2.24) is 5.32 Å². The third-order valence-electron chi connectivity index (χ3n) is 2.81. The lowest BCUT2D eigenvalue weighted by atomic mass is 10.2. The van der Waals surface area contributed by atoms with Gasteiger partial charge in [0.1, 0.15) is 5.75 Å². The van der Waals surface area contributed by atoms with Crippen molar-refractivity contribution >= 4 is 11.6 Å². The molecule has 0 bridgehead atoms. The minimum absolute atomic E-state index is 0.0986. The van der Waals surface area contributed by atoms with E-state index in [-0.39, 0.29) is 6.10 Å². The first kappa shape index (κ1) is 16.3. The molecule has 108 valence electrons. The molecule has 1 aromatic carbocycles. The van der Waals surface area contributed by atoms with E-state index in [1.54, 1.807) is 7.11 Å². The number of nitrogens with one attached hydrogen (secondary N) is 1. The monoisotopic (exact) mass is 285 g/mol. The summed E-state index contributed by atoms with van der Waals surface area (Å²) < 4.78 is 10.8. The molecular formula is C15H24ClNO2. The summed E-state index contributed by atoms with van der Waals surface area (Å²) in [4.78, 5) is 0. The second-order valence-corrected chi connectivity index (χ2v) is 5.06. The molecule has 1 aromatic rings. The fourth-order valence-corrected chi connectivity index (χ4v) is 1.97. The van der Waals surface area contributed by atoms with Crippen LogP contribution in [0.5, 0.6) is 5.75 Å². The van der Waals surface area contributed by atoms with Gasteiger partial charge in [-0.3, -0.25) is 0 Å². The Kier molecular flexibility index (Phi) is 7.87. The van der Waals surface area contributed by atoms with Crippen molar-refractivity contribution in [1.29, 1.82) is 0 Å². The van der Waals surface area contributed by atoms with Gasteiger partial charge in [0.15, 0.2) is 0 Å². The number of rotatable bonds is 9. The van der Waals surface area contributed by atoms with E-state index in [0.29, 0.717) is 11.6 Å². The van der Waals surface area contributed by atoms with Crippen molar-refractivity contribution in [2.45, 2.75) is 39.3 Å². The van der Waals surface area contributed by atoms with Crippen molar-refractivity contribution in [3.05, 3.63) is 28.8 Å². The van der Waals surface area contributed by atoms with E-state index in [0.717, 1.165) is 31.7 Å². The highest BCUT2D eigenvalue weighted by molar-refractivity contribution is 6.32. The quantitative estimate of drug-likeness (QED) is 0.703. The Hall–Kier alpha value is -0.770. The van der Waals surface area contributed by atoms with Crippen LogP contribution in [-0.2, 0) is 11.3 Å². The number of hydrogen-bond donors (Lipinski definition) is 1. The molecule has 0 spiro atoms. The van der Waals surface area contributed by atoms with E-state index in [9.17, 15) is 0 Å². The van der Waals surface area contributed by atoms with Crippen LogP contribution in [0.2, 0.25) is 5.02 Å². The van der Waals surface area contributed by atoms with Crippen LogP contribution in [0, 0.1) is 0 Å². The molecule has 0 saturated heterocycles. The van der Waals surface area contributed by atoms with Gasteiger partial charge in [0.05, 0.1) is 11.1 Å². The van der Waals surface area contributed by atoms with Crippen LogP contribution < -0.4 is 10.1 Å². The summed E-state index contributed by atoms with van der Waals surface area (Å²) in [6.07, 6.45) is 2.08. The van der Waals surface area contributed by atoms with Crippen molar-refractivity contribution in [3.8, 4) is 5.75 Å². The SMILES string of the molecule is CCCNCc1ccc(OC(C)CCOC)c(Cl)c1. The molecule has 0 amide bonds. The Morgan fingerprint density at radius 2 is 2.16 bits per heavy atom. The van der Waals surface area contributed by atoms with Gasteiger partial charge in [0.2, 0.25) is 0 Å². The minimum Gasteiger partial charge on any atom is -0.489 e. The molecule has 3 nitrogen and oxygen atoms in total. The molecule has 0 saturated carbocycles. The van der Waals surface area contributed by atoms with Gasteiger partial charge in [0.25, 0.3) is 0 Å². The number of ether oxygens (including phenoxy) is 2. The Morgan fingerprint density at radius 1 is 1.37 bits per heavy atom. The van der Waals surface area contributed by atoms with Crippen molar-refractivity contribution in [2.75, 3.05) is 20.3 Å². The summed E-state index contributed by atoms with van der Waals surface area (Å²) in [6.45, 7) is 6.72. The molecule has 1 unspecified atom stereocenters. The van der Waals surface area contributed by atoms with Crippen molar-refractivity contribution < 1.29 is 9.47 Å². The molecule has 4 heteroatoms. The fourth-order valence-electron chi connectivity index (χ4n) is 1.72. The van der Waals surface area contributed by atoms with Gasteiger partial charge in [0, 0.05) is 26.7 Å². The molecule has 0 aliphatic heterocycles. The highest BCUT2D eigenvalue weighted by Crippen LogP contribution is 2.26. The summed E-state index contributed by atoms with van der Waals surface area (Å²) >= 11 is 6.24. The molecule has 1 rings (SSSR count). The predicted molar refractivity (Wildman–Crippen MR) is 80.0 cm³/mol. The molecule has 0 aromatic heterocycles. The van der Waals surface area contributed by atoms with Crippen molar-refractivity contribution in [2.24, 2.45) is 0 Å². The number of hydrogen-bond acceptors (Lipinski definition) is 3. The van der Waals surface area contributed by atoms with E-state index in [2.05, 4.69) is 12.2 Å². The summed E-state index contributed by atoms with van der Waals surface area (Å²) in [6, 6.07) is 5.95. The molecule has 0 fully saturated rings. The second-order valence-electron chi connectivity index (χ2n) is 4.65. The molecule has 1 atom stereocenters. The first-order valence-corrected chi connectivity index (χ1v) is 7.20. The molecule has 0 heterocycles. The average molecular weight is 286 g/mol. The summed E-state index contributed by atoms with van der Waals surface area (Å²) in [5.74, 6) is 0.740. The Balaban J connectivity index is 2.51. The van der Waals surface area contributed by atoms with Crippen molar-refractivity contribution in [3.63, 3.8) is 0 Å². The van der Waals surface area contributed by atoms with E-state index in [1.807, 2.05) is 25.1 Å². The standard InChI is InChI=1S/C15H24ClNO2/c1-4-8-17-11-13-5-6-15(14(16)10-13)19-12(2)7-9-18-3/h5-6,10,12,17H,4,7-9,11H2,1-3H3. The van der Waals surface area contributed by atoms with E-state index >= 15 is 0 Å². The number of benzene rings is 1. The van der Waals surface area contributed by atoms with E-state index in [4.69, 9.17) is 21.1 Å². The summed E-state index contributed by atoms with van der Waals surface area (Å²) in [5, 5.41) is 4.02. The zero-order valence-electron chi connectivity index (χ0n) is 12.0. The lowest BCUT2D eigenvalue weighted by molar-refractivity contribution is 0.135. The van der Waals surface area contributed by atoms with Crippen LogP contribution >= 0.6 is 11.6 Å². The van der Waals surface area contributed by atoms with Gasteiger partial charge in [-0.2, -0.15) is 0 Å². The van der Waals surface area contributed by atoms with Crippen LogP contribution in [0.1, 0.15) is 32.3 Å². The third-order valence-corrected chi connectivity index (χ3v) is 3.10. The highest BCUT2D eigenvalue weighted by atomic mass is 35.5. The van der Waals surface area contributed by atoms with Crippen LogP contribution in [0.3, 0.4) is 0 Å². The maximum atomic E-state index is 6.24. The lowest BCUT2D eigenvalue weighted by Gasteiger charge is -2.16. The molecule has 0 radical (unpaired) electrons. The Morgan fingerprint density at radius 3 is 2.79 bits per heavy atom.